The molecule has 0 fully saturated rings. The lowest BCUT2D eigenvalue weighted by atomic mass is 9.93. The molecular weight excluding hydrogens is 597 g/mol. The van der Waals surface area contributed by atoms with Gasteiger partial charge in [0.2, 0.25) is 5.52 Å². The Morgan fingerprint density at radius 1 is 0.973 bits per heavy atom. The maximum absolute atomic E-state index is 11.1. The van der Waals surface area contributed by atoms with Crippen molar-refractivity contribution < 1.29 is 30.5 Å². The number of hydrogen-bond acceptors (Lipinski definition) is 7. The summed E-state index contributed by atoms with van der Waals surface area (Å²) < 4.78 is 67.6. The molecule has 200 valence electrons. The number of hydrogen-bond donors (Lipinski definition) is 1. The molecule has 1 aliphatic heterocycles. The molecule has 0 spiro atoms. The molecule has 0 saturated heterocycles. The van der Waals surface area contributed by atoms with Crippen molar-refractivity contribution in [2.75, 3.05) is 11.5 Å². The Balaban J connectivity index is 1.66. The van der Waals surface area contributed by atoms with Crippen molar-refractivity contribution in [1.29, 1.82) is 0 Å². The number of halogens is 2. The summed E-state index contributed by atoms with van der Waals surface area (Å²) in [5.41, 5.74) is 2.02. The number of rotatable bonds is 11. The van der Waals surface area contributed by atoms with E-state index in [1.54, 1.807) is 23.1 Å². The molecule has 0 aliphatic carbocycles. The Hall–Kier alpha value is -1.18. The van der Waals surface area contributed by atoms with E-state index >= 15 is 0 Å². The number of fused-ring (bicyclic) bond motifs is 2. The second-order valence-electron chi connectivity index (χ2n) is 8.84. The minimum atomic E-state index is -4.26. The molecule has 7 nitrogen and oxygen atoms in total. The summed E-state index contributed by atoms with van der Waals surface area (Å²) in [4.78, 5) is 2.18. The maximum Gasteiger partial charge on any atom is 0.264 e. The van der Waals surface area contributed by atoms with Crippen LogP contribution in [-0.4, -0.2) is 37.4 Å². The van der Waals surface area contributed by atoms with Crippen LogP contribution in [0.15, 0.2) is 46.2 Å². The number of thioether (sulfide) groups is 1. The summed E-state index contributed by atoms with van der Waals surface area (Å²) in [6.45, 7) is 0.525. The molecule has 0 amide bonds. The summed E-state index contributed by atoms with van der Waals surface area (Å²) in [6.07, 6.45) is 4.56. The lowest BCUT2D eigenvalue weighted by Crippen LogP contribution is -2.35. The van der Waals surface area contributed by atoms with Gasteiger partial charge in [0.15, 0.2) is 6.54 Å². The van der Waals surface area contributed by atoms with E-state index in [2.05, 4.69) is 10.6 Å². The Morgan fingerprint density at radius 3 is 2.41 bits per heavy atom. The van der Waals surface area contributed by atoms with Crippen LogP contribution < -0.4 is 4.57 Å². The number of unbranched alkanes of at least 4 members (excludes halogenated alkanes) is 2. The molecule has 0 bridgehead atoms. The van der Waals surface area contributed by atoms with E-state index in [-0.39, 0.29) is 18.1 Å². The highest BCUT2D eigenvalue weighted by atomic mass is 35.5. The number of aryl methyl sites for hydroxylation is 1. The summed E-state index contributed by atoms with van der Waals surface area (Å²) >= 11 is 15.8. The van der Waals surface area contributed by atoms with E-state index in [9.17, 15) is 21.4 Å². The summed E-state index contributed by atoms with van der Waals surface area (Å²) in [7, 11) is -8.27. The molecule has 1 N–H and O–H groups in total. The van der Waals surface area contributed by atoms with Crippen molar-refractivity contribution >= 4 is 82.8 Å². The largest absolute Gasteiger partial charge is 0.748 e. The normalized spacial score (nSPS) is 17.1. The average molecular weight is 623 g/mol. The van der Waals surface area contributed by atoms with Crippen LogP contribution in [-0.2, 0) is 26.8 Å². The van der Waals surface area contributed by atoms with Crippen molar-refractivity contribution in [2.45, 2.75) is 49.5 Å². The van der Waals surface area contributed by atoms with E-state index in [0.29, 0.717) is 42.3 Å². The van der Waals surface area contributed by atoms with Crippen molar-refractivity contribution in [2.24, 2.45) is 0 Å². The van der Waals surface area contributed by atoms with Crippen LogP contribution >= 0.6 is 46.3 Å². The highest BCUT2D eigenvalue weighted by Gasteiger charge is 2.30. The van der Waals surface area contributed by atoms with E-state index in [1.165, 1.54) is 0 Å². The van der Waals surface area contributed by atoms with Gasteiger partial charge in [-0.25, -0.2) is 8.42 Å². The highest BCUT2D eigenvalue weighted by molar-refractivity contribution is 8.03. The molecule has 4 rings (SSSR count). The van der Waals surface area contributed by atoms with Gasteiger partial charge in [-0.2, -0.15) is 13.0 Å². The van der Waals surface area contributed by atoms with Gasteiger partial charge in [0.05, 0.1) is 15.9 Å². The smallest absolute Gasteiger partial charge is 0.264 e. The Bertz CT molecular complexity index is 1550. The third-order valence-electron chi connectivity index (χ3n) is 6.05. The van der Waals surface area contributed by atoms with Crippen molar-refractivity contribution in [3.05, 3.63) is 61.9 Å². The molecule has 2 aromatic carbocycles. The van der Waals surface area contributed by atoms with Gasteiger partial charge in [0.25, 0.3) is 15.1 Å². The molecule has 37 heavy (non-hydrogen) atoms. The van der Waals surface area contributed by atoms with Crippen LogP contribution in [0.25, 0.3) is 16.3 Å². The fraction of sp³-hybridized carbons (Fsp3) is 0.375. The SMILES string of the molecule is O=S(=O)([O-])CCCC[n+]1c(C=C2Sc3ccc(Cl)cc3C2CCCCS(=O)(=O)O)sc2ccc(Cl)cc21. The summed E-state index contributed by atoms with van der Waals surface area (Å²) in [5, 5.41) is 2.18. The fourth-order valence-electron chi connectivity index (χ4n) is 4.38. The molecule has 0 radical (unpaired) electrons. The molecule has 13 heteroatoms. The molecule has 0 saturated carbocycles. The predicted molar refractivity (Wildman–Crippen MR) is 149 cm³/mol. The maximum atomic E-state index is 11.1. The summed E-state index contributed by atoms with van der Waals surface area (Å²) in [6, 6.07) is 11.4. The predicted octanol–water partition coefficient (Wildman–Crippen LogP) is 6.11. The standard InChI is InChI=1S/C24H25Cl2NO6S4/c25-16-6-8-21-19(13-16)18(5-1-3-11-36(28,29)30)23(34-21)15-24-27(10-2-4-12-37(31,32)33)20-14-17(26)7-9-22(20)35-24/h6-9,13-15,18H,1-5,10-12H2,(H-,28,29,30,31,32,33). The Morgan fingerprint density at radius 2 is 1.68 bits per heavy atom. The Kier molecular flexibility index (Phi) is 9.28. The number of aromatic nitrogens is 1. The van der Waals surface area contributed by atoms with E-state index in [1.807, 2.05) is 36.4 Å². The molecule has 1 atom stereocenters. The van der Waals surface area contributed by atoms with Crippen LogP contribution in [0.4, 0.5) is 0 Å². The first-order chi connectivity index (χ1) is 17.4. The van der Waals surface area contributed by atoms with E-state index in [0.717, 1.165) is 30.6 Å². The zero-order valence-corrected chi connectivity index (χ0v) is 24.4. The van der Waals surface area contributed by atoms with Gasteiger partial charge in [-0.05, 0) is 55.2 Å². The first-order valence-corrected chi connectivity index (χ1v) is 17.2. The van der Waals surface area contributed by atoms with Gasteiger partial charge >= 0.3 is 0 Å². The number of nitrogens with zero attached hydrogens (tertiary/aromatic N) is 1. The second-order valence-corrected chi connectivity index (χ2v) is 15.0. The zero-order chi connectivity index (χ0) is 26.8. The lowest BCUT2D eigenvalue weighted by molar-refractivity contribution is -0.669. The highest BCUT2D eigenvalue weighted by Crippen LogP contribution is 2.52. The molecule has 1 aromatic heterocycles. The van der Waals surface area contributed by atoms with Crippen LogP contribution in [0.2, 0.25) is 10.0 Å². The quantitative estimate of drug-likeness (QED) is 0.156. The van der Waals surface area contributed by atoms with Gasteiger partial charge in [-0.1, -0.05) is 52.7 Å². The van der Waals surface area contributed by atoms with Crippen LogP contribution in [0, 0.1) is 0 Å². The minimum Gasteiger partial charge on any atom is -0.748 e. The van der Waals surface area contributed by atoms with Gasteiger partial charge < -0.3 is 4.55 Å². The lowest BCUT2D eigenvalue weighted by Gasteiger charge is -2.12. The van der Waals surface area contributed by atoms with E-state index < -0.39 is 26.0 Å². The number of benzene rings is 2. The zero-order valence-electron chi connectivity index (χ0n) is 19.6. The topological polar surface area (TPSA) is 115 Å². The summed E-state index contributed by atoms with van der Waals surface area (Å²) in [5.74, 6) is -0.651. The van der Waals surface area contributed by atoms with Crippen LogP contribution in [0.1, 0.15) is 48.6 Å². The number of allylic oxidation sites excluding steroid dienone is 1. The van der Waals surface area contributed by atoms with Gasteiger partial charge in [0, 0.05) is 50.1 Å². The van der Waals surface area contributed by atoms with Crippen LogP contribution in [0.3, 0.4) is 0 Å². The van der Waals surface area contributed by atoms with Gasteiger partial charge in [0.1, 0.15) is 4.70 Å². The average Bonchev–Trinajstić information content (AvgIpc) is 3.30. The monoisotopic (exact) mass is 621 g/mol. The van der Waals surface area contributed by atoms with Crippen molar-refractivity contribution in [1.82, 2.24) is 0 Å². The molecular formula is C24H25Cl2NO6S4. The number of thiazole rings is 1. The second kappa shape index (κ2) is 11.9. The first-order valence-electron chi connectivity index (χ1n) is 11.6. The molecule has 2 heterocycles. The van der Waals surface area contributed by atoms with Gasteiger partial charge in [-0.3, -0.25) is 4.55 Å². The van der Waals surface area contributed by atoms with Crippen molar-refractivity contribution in [3.8, 4) is 0 Å². The van der Waals surface area contributed by atoms with E-state index in [4.69, 9.17) is 27.8 Å². The third kappa shape index (κ3) is 7.92. The minimum absolute atomic E-state index is 0.0213. The van der Waals surface area contributed by atoms with Crippen LogP contribution in [0.5, 0.6) is 0 Å². The fourth-order valence-corrected chi connectivity index (χ4v) is 8.31. The molecule has 3 aromatic rings. The first kappa shape index (κ1) is 28.8. The molecule has 1 aliphatic rings. The molecule has 1 unspecified atom stereocenters. The van der Waals surface area contributed by atoms with Crippen molar-refractivity contribution in [3.63, 3.8) is 0 Å². The Labute approximate surface area is 235 Å². The third-order valence-corrected chi connectivity index (χ3v) is 10.5. The van der Waals surface area contributed by atoms with Gasteiger partial charge in [-0.15, -0.1) is 0 Å².